The zero-order valence-corrected chi connectivity index (χ0v) is 12.0. The van der Waals surface area contributed by atoms with Crippen molar-refractivity contribution in [1.82, 2.24) is 0 Å². The molecule has 0 unspecified atom stereocenters. The van der Waals surface area contributed by atoms with E-state index in [1.54, 1.807) is 0 Å². The van der Waals surface area contributed by atoms with E-state index in [4.69, 9.17) is 0 Å². The van der Waals surface area contributed by atoms with Gasteiger partial charge < -0.3 is 4.90 Å². The molecule has 0 saturated carbocycles. The average Bonchev–Trinajstić information content (AvgIpc) is 2.88. The van der Waals surface area contributed by atoms with Gasteiger partial charge in [-0.25, -0.2) is 0 Å². The van der Waals surface area contributed by atoms with Gasteiger partial charge in [-0.2, -0.15) is 0 Å². The summed E-state index contributed by atoms with van der Waals surface area (Å²) in [4.78, 5) is 14.0. The summed E-state index contributed by atoms with van der Waals surface area (Å²) >= 11 is 0. The molecule has 2 nitrogen and oxygen atoms in total. The summed E-state index contributed by atoms with van der Waals surface area (Å²) in [5.41, 5.74) is 5.88. The maximum Gasteiger partial charge on any atom is 0.227 e. The van der Waals surface area contributed by atoms with Crippen molar-refractivity contribution in [3.05, 3.63) is 53.6 Å². The third-order valence-corrected chi connectivity index (χ3v) is 4.06. The smallest absolute Gasteiger partial charge is 0.227 e. The molecule has 1 heterocycles. The van der Waals surface area contributed by atoms with Crippen LogP contribution in [0.25, 0.3) is 11.1 Å². The van der Waals surface area contributed by atoms with Crippen LogP contribution in [0.15, 0.2) is 42.5 Å². The maximum absolute atomic E-state index is 12.1. The Labute approximate surface area is 120 Å². The monoisotopic (exact) mass is 265 g/mol. The van der Waals surface area contributed by atoms with E-state index < -0.39 is 0 Å². The molecule has 3 rings (SSSR count). The fourth-order valence-electron chi connectivity index (χ4n) is 2.78. The van der Waals surface area contributed by atoms with E-state index in [9.17, 15) is 4.79 Å². The van der Waals surface area contributed by atoms with Crippen LogP contribution in [0.1, 0.15) is 24.0 Å². The average molecular weight is 265 g/mol. The van der Waals surface area contributed by atoms with Crippen molar-refractivity contribution >= 4 is 11.6 Å². The number of benzene rings is 2. The molecule has 1 fully saturated rings. The molecule has 2 aromatic carbocycles. The Hall–Kier alpha value is -2.09. The minimum absolute atomic E-state index is 0.241. The Kier molecular flexibility index (Phi) is 3.31. The summed E-state index contributed by atoms with van der Waals surface area (Å²) in [6.45, 7) is 5.06. The number of carbonyl (C=O) groups excluding carboxylic acids is 1. The summed E-state index contributed by atoms with van der Waals surface area (Å²) in [6.07, 6.45) is 1.63. The van der Waals surface area contributed by atoms with Gasteiger partial charge in [0.2, 0.25) is 5.91 Å². The van der Waals surface area contributed by atoms with Gasteiger partial charge >= 0.3 is 0 Å². The van der Waals surface area contributed by atoms with Crippen LogP contribution in [0.4, 0.5) is 5.69 Å². The van der Waals surface area contributed by atoms with Gasteiger partial charge in [-0.3, -0.25) is 4.79 Å². The summed E-state index contributed by atoms with van der Waals surface area (Å²) in [7, 11) is 0. The quantitative estimate of drug-likeness (QED) is 0.800. The Morgan fingerprint density at radius 2 is 1.70 bits per heavy atom. The molecule has 0 bridgehead atoms. The highest BCUT2D eigenvalue weighted by atomic mass is 16.2. The van der Waals surface area contributed by atoms with Crippen molar-refractivity contribution in [3.63, 3.8) is 0 Å². The first-order valence-corrected chi connectivity index (χ1v) is 7.14. The number of hydrogen-bond acceptors (Lipinski definition) is 1. The third-order valence-electron chi connectivity index (χ3n) is 4.06. The summed E-state index contributed by atoms with van der Waals surface area (Å²) in [6, 6.07) is 14.7. The largest absolute Gasteiger partial charge is 0.312 e. The number of nitrogens with zero attached hydrogens (tertiary/aromatic N) is 1. The lowest BCUT2D eigenvalue weighted by Gasteiger charge is -2.21. The lowest BCUT2D eigenvalue weighted by Crippen LogP contribution is -2.24. The van der Waals surface area contributed by atoms with Crippen LogP contribution in [0.5, 0.6) is 0 Å². The molecule has 1 saturated heterocycles. The van der Waals surface area contributed by atoms with Crippen molar-refractivity contribution in [2.45, 2.75) is 26.7 Å². The molecule has 1 aliphatic rings. The topological polar surface area (TPSA) is 20.3 Å². The van der Waals surface area contributed by atoms with E-state index in [1.807, 2.05) is 23.1 Å². The Balaban J connectivity index is 2.17. The van der Waals surface area contributed by atoms with E-state index in [-0.39, 0.29) is 5.91 Å². The molecule has 20 heavy (non-hydrogen) atoms. The predicted octanol–water partition coefficient (Wildman–Crippen LogP) is 4.10. The number of anilines is 1. The van der Waals surface area contributed by atoms with Crippen LogP contribution >= 0.6 is 0 Å². The first-order valence-electron chi connectivity index (χ1n) is 7.14. The zero-order chi connectivity index (χ0) is 14.1. The molecule has 1 amide bonds. The lowest BCUT2D eigenvalue weighted by molar-refractivity contribution is -0.117. The van der Waals surface area contributed by atoms with Crippen molar-refractivity contribution < 1.29 is 4.79 Å². The van der Waals surface area contributed by atoms with E-state index in [1.165, 1.54) is 16.7 Å². The van der Waals surface area contributed by atoms with Crippen molar-refractivity contribution in [1.29, 1.82) is 0 Å². The molecule has 0 spiro atoms. The number of amides is 1. The second kappa shape index (κ2) is 5.12. The molecule has 102 valence electrons. The zero-order valence-electron chi connectivity index (χ0n) is 12.0. The fourth-order valence-corrected chi connectivity index (χ4v) is 2.78. The third kappa shape index (κ3) is 2.22. The van der Waals surface area contributed by atoms with Crippen LogP contribution in [0.3, 0.4) is 0 Å². The highest BCUT2D eigenvalue weighted by Crippen LogP contribution is 2.35. The van der Waals surface area contributed by atoms with Crippen LogP contribution in [0, 0.1) is 13.8 Å². The highest BCUT2D eigenvalue weighted by Gasteiger charge is 2.24. The summed E-state index contributed by atoms with van der Waals surface area (Å²) in [5, 5.41) is 0. The Morgan fingerprint density at radius 1 is 1.00 bits per heavy atom. The van der Waals surface area contributed by atoms with E-state index in [0.717, 1.165) is 24.2 Å². The van der Waals surface area contributed by atoms with Crippen LogP contribution < -0.4 is 4.90 Å². The highest BCUT2D eigenvalue weighted by molar-refractivity contribution is 5.99. The molecule has 2 aromatic rings. The van der Waals surface area contributed by atoms with Crippen molar-refractivity contribution in [2.24, 2.45) is 0 Å². The van der Waals surface area contributed by atoms with Crippen molar-refractivity contribution in [2.75, 3.05) is 11.4 Å². The van der Waals surface area contributed by atoms with Gasteiger partial charge in [0, 0.05) is 18.5 Å². The van der Waals surface area contributed by atoms with Gasteiger partial charge in [-0.15, -0.1) is 0 Å². The molecule has 0 atom stereocenters. The number of rotatable bonds is 2. The van der Waals surface area contributed by atoms with E-state index >= 15 is 0 Å². The lowest BCUT2D eigenvalue weighted by atomic mass is 9.97. The van der Waals surface area contributed by atoms with Crippen LogP contribution in [0.2, 0.25) is 0 Å². The second-order valence-electron chi connectivity index (χ2n) is 5.47. The van der Waals surface area contributed by atoms with Crippen LogP contribution in [-0.4, -0.2) is 12.5 Å². The molecule has 2 heteroatoms. The Morgan fingerprint density at radius 3 is 2.35 bits per heavy atom. The molecule has 0 radical (unpaired) electrons. The summed E-state index contributed by atoms with van der Waals surface area (Å²) in [5.74, 6) is 0.241. The van der Waals surface area contributed by atoms with Gasteiger partial charge in [-0.05, 0) is 49.1 Å². The van der Waals surface area contributed by atoms with Gasteiger partial charge in [0.25, 0.3) is 0 Å². The maximum atomic E-state index is 12.1. The minimum Gasteiger partial charge on any atom is -0.312 e. The van der Waals surface area contributed by atoms with E-state index in [0.29, 0.717) is 6.42 Å². The predicted molar refractivity (Wildman–Crippen MR) is 82.9 cm³/mol. The Bertz CT molecular complexity index is 646. The van der Waals surface area contributed by atoms with Crippen molar-refractivity contribution in [3.8, 4) is 11.1 Å². The second-order valence-corrected chi connectivity index (χ2v) is 5.47. The molecule has 1 aliphatic heterocycles. The molecular weight excluding hydrogens is 246 g/mol. The molecule has 0 N–H and O–H groups in total. The number of hydrogen-bond donors (Lipinski definition) is 0. The van der Waals surface area contributed by atoms with Gasteiger partial charge in [0.05, 0.1) is 5.69 Å². The fraction of sp³-hybridized carbons (Fsp3) is 0.278. The molecule has 0 aromatic heterocycles. The number of aryl methyl sites for hydroxylation is 2. The summed E-state index contributed by atoms with van der Waals surface area (Å²) < 4.78 is 0. The normalized spacial score (nSPS) is 14.9. The van der Waals surface area contributed by atoms with Gasteiger partial charge in [0.1, 0.15) is 0 Å². The van der Waals surface area contributed by atoms with Gasteiger partial charge in [0.15, 0.2) is 0 Å². The first-order chi connectivity index (χ1) is 9.66. The van der Waals surface area contributed by atoms with E-state index in [2.05, 4.69) is 38.1 Å². The first kappa shape index (κ1) is 12.9. The standard InChI is InChI=1S/C18H19NO/c1-13-11-16(15-7-4-3-5-8-15)17(12-14(13)2)19-10-6-9-18(19)20/h3-5,7-8,11-12H,6,9-10H2,1-2H3. The molecular formula is C18H19NO. The number of carbonyl (C=O) groups is 1. The van der Waals surface area contributed by atoms with Gasteiger partial charge in [-0.1, -0.05) is 30.3 Å². The minimum atomic E-state index is 0.241. The SMILES string of the molecule is Cc1cc(-c2ccccc2)c(N2CCCC2=O)cc1C. The molecule has 0 aliphatic carbocycles. The van der Waals surface area contributed by atoms with Crippen LogP contribution in [-0.2, 0) is 4.79 Å².